The molecule has 3 aromatic heterocycles. The van der Waals surface area contributed by atoms with Gasteiger partial charge in [-0.2, -0.15) is 0 Å². The third kappa shape index (κ3) is 4.52. The molecule has 1 aliphatic rings. The average molecular weight is 394 g/mol. The third-order valence-corrected chi connectivity index (χ3v) is 5.59. The van der Waals surface area contributed by atoms with Crippen LogP contribution in [-0.4, -0.2) is 48.6 Å². The molecule has 8 heteroatoms. The Labute approximate surface area is 170 Å². The number of hydrogen-bond acceptors (Lipinski definition) is 6. The van der Waals surface area contributed by atoms with Crippen LogP contribution in [0, 0.1) is 19.8 Å². The first kappa shape index (κ1) is 19.3. The zero-order valence-electron chi connectivity index (χ0n) is 16.9. The molecule has 0 unspecified atom stereocenters. The Hall–Kier alpha value is -3.03. The highest BCUT2D eigenvalue weighted by atomic mass is 16.5. The molecule has 1 amide bonds. The largest absolute Gasteiger partial charge is 0.361 e. The molecule has 1 aliphatic heterocycles. The van der Waals surface area contributed by atoms with Gasteiger partial charge in [-0.3, -0.25) is 4.79 Å². The molecule has 0 saturated carbocycles. The number of rotatable bonds is 5. The van der Waals surface area contributed by atoms with Crippen molar-refractivity contribution in [3.05, 3.63) is 48.3 Å². The smallest absolute Gasteiger partial charge is 0.242 e. The van der Waals surface area contributed by atoms with Crippen LogP contribution in [-0.2, 0) is 17.8 Å². The van der Waals surface area contributed by atoms with Crippen LogP contribution in [0.2, 0.25) is 0 Å². The second kappa shape index (κ2) is 8.55. The van der Waals surface area contributed by atoms with Crippen LogP contribution in [0.4, 0.5) is 0 Å². The van der Waals surface area contributed by atoms with Gasteiger partial charge in [-0.25, -0.2) is 15.0 Å². The lowest BCUT2D eigenvalue weighted by molar-refractivity contribution is -0.131. The SMILES string of the molecule is Cc1noc(C)c1-c1cc(C[C@@H]2CCCN(C(=O)Cn3ccnc3)CC2)ncn1. The molecule has 29 heavy (non-hydrogen) atoms. The number of amides is 1. The summed E-state index contributed by atoms with van der Waals surface area (Å²) in [5.74, 6) is 1.44. The molecule has 4 heterocycles. The number of imidazole rings is 1. The van der Waals surface area contributed by atoms with Crippen molar-refractivity contribution in [2.75, 3.05) is 13.1 Å². The van der Waals surface area contributed by atoms with E-state index < -0.39 is 0 Å². The first-order valence-corrected chi connectivity index (χ1v) is 10.1. The molecule has 0 aliphatic carbocycles. The summed E-state index contributed by atoms with van der Waals surface area (Å²) in [5, 5.41) is 4.02. The molecule has 0 bridgehead atoms. The molecule has 0 N–H and O–H groups in total. The molecule has 0 spiro atoms. The molecular weight excluding hydrogens is 368 g/mol. The van der Waals surface area contributed by atoms with Crippen molar-refractivity contribution >= 4 is 5.91 Å². The summed E-state index contributed by atoms with van der Waals surface area (Å²) >= 11 is 0. The molecule has 1 atom stereocenters. The van der Waals surface area contributed by atoms with Crippen LogP contribution in [0.5, 0.6) is 0 Å². The molecule has 1 fully saturated rings. The van der Waals surface area contributed by atoms with Gasteiger partial charge in [-0.1, -0.05) is 5.16 Å². The van der Waals surface area contributed by atoms with Gasteiger partial charge < -0.3 is 14.0 Å². The fourth-order valence-electron chi connectivity index (χ4n) is 4.05. The molecule has 3 aromatic rings. The van der Waals surface area contributed by atoms with Crippen molar-refractivity contribution in [3.8, 4) is 11.3 Å². The quantitative estimate of drug-likeness (QED) is 0.661. The minimum absolute atomic E-state index is 0.159. The highest BCUT2D eigenvalue weighted by Crippen LogP contribution is 2.27. The Kier molecular flexibility index (Phi) is 5.69. The van der Waals surface area contributed by atoms with E-state index in [0.717, 1.165) is 67.2 Å². The minimum Gasteiger partial charge on any atom is -0.361 e. The maximum absolute atomic E-state index is 12.6. The first-order valence-electron chi connectivity index (χ1n) is 10.1. The molecule has 4 rings (SSSR count). The van der Waals surface area contributed by atoms with Crippen LogP contribution >= 0.6 is 0 Å². The summed E-state index contributed by atoms with van der Waals surface area (Å²) in [6.45, 7) is 5.79. The number of carbonyl (C=O) groups excluding carboxylic acids is 1. The lowest BCUT2D eigenvalue weighted by atomic mass is 9.94. The lowest BCUT2D eigenvalue weighted by Crippen LogP contribution is -2.34. The summed E-state index contributed by atoms with van der Waals surface area (Å²) in [5.41, 5.74) is 3.68. The number of aromatic nitrogens is 5. The monoisotopic (exact) mass is 394 g/mol. The normalized spacial score (nSPS) is 17.3. The van der Waals surface area contributed by atoms with Gasteiger partial charge in [0.15, 0.2) is 0 Å². The Morgan fingerprint density at radius 1 is 1.24 bits per heavy atom. The van der Waals surface area contributed by atoms with Gasteiger partial charge >= 0.3 is 0 Å². The number of hydrogen-bond donors (Lipinski definition) is 0. The van der Waals surface area contributed by atoms with Gasteiger partial charge in [0.2, 0.25) is 5.91 Å². The van der Waals surface area contributed by atoms with Crippen molar-refractivity contribution in [1.29, 1.82) is 0 Å². The molecule has 152 valence electrons. The van der Waals surface area contributed by atoms with Crippen molar-refractivity contribution in [2.45, 2.75) is 46.1 Å². The van der Waals surface area contributed by atoms with E-state index >= 15 is 0 Å². The highest BCUT2D eigenvalue weighted by molar-refractivity contribution is 5.76. The Bertz CT molecular complexity index is 946. The summed E-state index contributed by atoms with van der Waals surface area (Å²) in [7, 11) is 0. The standard InChI is InChI=1S/C21H26N6O2/c1-15-21(16(2)29-25-15)19-11-18(23-13-24-19)10-17-4-3-7-27(8-5-17)20(28)12-26-9-6-22-14-26/h6,9,11,13-14,17H,3-5,7-8,10,12H2,1-2H3/t17-/m1/s1. The number of nitrogens with zero attached hydrogens (tertiary/aromatic N) is 6. The van der Waals surface area contributed by atoms with Crippen molar-refractivity contribution in [3.63, 3.8) is 0 Å². The number of aryl methyl sites for hydroxylation is 2. The zero-order chi connectivity index (χ0) is 20.2. The number of carbonyl (C=O) groups is 1. The average Bonchev–Trinajstić information content (AvgIpc) is 3.26. The van der Waals surface area contributed by atoms with Crippen molar-refractivity contribution in [1.82, 2.24) is 29.6 Å². The molecule has 0 radical (unpaired) electrons. The lowest BCUT2D eigenvalue weighted by Gasteiger charge is -2.21. The van der Waals surface area contributed by atoms with Crippen LogP contribution < -0.4 is 0 Å². The van der Waals surface area contributed by atoms with E-state index in [1.54, 1.807) is 18.9 Å². The van der Waals surface area contributed by atoms with E-state index in [1.807, 2.05) is 35.6 Å². The van der Waals surface area contributed by atoms with Gasteiger partial charge in [0.05, 0.1) is 23.3 Å². The van der Waals surface area contributed by atoms with Gasteiger partial charge in [0, 0.05) is 31.2 Å². The zero-order valence-corrected chi connectivity index (χ0v) is 16.9. The summed E-state index contributed by atoms with van der Waals surface area (Å²) in [6, 6.07) is 2.04. The maximum atomic E-state index is 12.6. The third-order valence-electron chi connectivity index (χ3n) is 5.59. The van der Waals surface area contributed by atoms with Crippen LogP contribution in [0.1, 0.15) is 36.4 Å². The van der Waals surface area contributed by atoms with Crippen molar-refractivity contribution in [2.24, 2.45) is 5.92 Å². The van der Waals surface area contributed by atoms with E-state index in [2.05, 4.69) is 20.1 Å². The van der Waals surface area contributed by atoms with Crippen LogP contribution in [0.15, 0.2) is 35.6 Å². The summed E-state index contributed by atoms with van der Waals surface area (Å²) in [4.78, 5) is 27.4. The van der Waals surface area contributed by atoms with E-state index in [0.29, 0.717) is 12.5 Å². The molecule has 1 saturated heterocycles. The van der Waals surface area contributed by atoms with Crippen LogP contribution in [0.25, 0.3) is 11.3 Å². The van der Waals surface area contributed by atoms with Gasteiger partial charge in [-0.15, -0.1) is 0 Å². The van der Waals surface area contributed by atoms with Gasteiger partial charge in [-0.05, 0) is 51.5 Å². The maximum Gasteiger partial charge on any atom is 0.242 e. The van der Waals surface area contributed by atoms with Gasteiger partial charge in [0.1, 0.15) is 18.6 Å². The predicted molar refractivity (Wildman–Crippen MR) is 107 cm³/mol. The van der Waals surface area contributed by atoms with E-state index in [4.69, 9.17) is 4.52 Å². The topological polar surface area (TPSA) is 89.9 Å². The van der Waals surface area contributed by atoms with E-state index in [-0.39, 0.29) is 5.91 Å². The first-order chi connectivity index (χ1) is 14.1. The predicted octanol–water partition coefficient (Wildman–Crippen LogP) is 2.82. The molecule has 0 aromatic carbocycles. The highest BCUT2D eigenvalue weighted by Gasteiger charge is 2.22. The van der Waals surface area contributed by atoms with Crippen LogP contribution in [0.3, 0.4) is 0 Å². The van der Waals surface area contributed by atoms with E-state index in [1.165, 1.54) is 0 Å². The Morgan fingerprint density at radius 2 is 2.14 bits per heavy atom. The molecule has 8 nitrogen and oxygen atoms in total. The summed E-state index contributed by atoms with van der Waals surface area (Å²) < 4.78 is 7.10. The fraction of sp³-hybridized carbons (Fsp3) is 0.476. The summed E-state index contributed by atoms with van der Waals surface area (Å²) in [6.07, 6.45) is 10.8. The minimum atomic E-state index is 0.159. The van der Waals surface area contributed by atoms with E-state index in [9.17, 15) is 4.79 Å². The fourth-order valence-corrected chi connectivity index (χ4v) is 4.05. The molecular formula is C21H26N6O2. The Balaban J connectivity index is 1.38. The second-order valence-electron chi connectivity index (χ2n) is 7.71. The van der Waals surface area contributed by atoms with Gasteiger partial charge in [0.25, 0.3) is 0 Å². The Morgan fingerprint density at radius 3 is 2.90 bits per heavy atom. The number of likely N-dealkylation sites (tertiary alicyclic amines) is 1. The van der Waals surface area contributed by atoms with Crippen molar-refractivity contribution < 1.29 is 9.32 Å². The second-order valence-corrected chi connectivity index (χ2v) is 7.71.